The number of hydrogen-bond donors (Lipinski definition) is 2. The van der Waals surface area contributed by atoms with Gasteiger partial charge in [0.15, 0.2) is 5.13 Å². The Bertz CT molecular complexity index is 1110. The number of thiazole rings is 1. The largest absolute Gasteiger partial charge is 0.358 e. The van der Waals surface area contributed by atoms with Crippen molar-refractivity contribution >= 4 is 33.3 Å². The van der Waals surface area contributed by atoms with Gasteiger partial charge in [0.1, 0.15) is 18.2 Å². The summed E-state index contributed by atoms with van der Waals surface area (Å²) in [5.74, 6) is 1.20. The number of aromatic nitrogens is 5. The summed E-state index contributed by atoms with van der Waals surface area (Å²) in [4.78, 5) is 24.5. The molecule has 26 heavy (non-hydrogen) atoms. The molecule has 1 aromatic carbocycles. The number of carbonyl (C=O) groups is 1. The van der Waals surface area contributed by atoms with Crippen LogP contribution in [0.15, 0.2) is 29.6 Å². The molecule has 3 aromatic heterocycles. The Labute approximate surface area is 154 Å². The quantitative estimate of drug-likeness (QED) is 0.579. The van der Waals surface area contributed by atoms with Gasteiger partial charge in [-0.15, -0.1) is 11.3 Å². The number of para-hydroxylation sites is 1. The Morgan fingerprint density at radius 3 is 2.81 bits per heavy atom. The number of rotatable bonds is 4. The molecule has 0 atom stereocenters. The van der Waals surface area contributed by atoms with Crippen LogP contribution in [-0.2, 0) is 11.3 Å². The second-order valence-electron chi connectivity index (χ2n) is 6.12. The Kier molecular flexibility index (Phi) is 4.04. The first-order chi connectivity index (χ1) is 12.5. The molecule has 0 aliphatic rings. The topological polar surface area (TPSA) is 88.5 Å². The number of nitrogens with one attached hydrogen (secondary N) is 2. The SMILES string of the molecule is Cc1nc(C)n(CC(=O)Nc2nc(-c3c(C)[nH]c4ccccc34)cs2)n1. The molecule has 0 bridgehead atoms. The van der Waals surface area contributed by atoms with Gasteiger partial charge in [-0.05, 0) is 26.8 Å². The van der Waals surface area contributed by atoms with Gasteiger partial charge in [-0.2, -0.15) is 5.10 Å². The number of nitrogens with zero attached hydrogens (tertiary/aromatic N) is 4. The molecule has 8 heteroatoms. The summed E-state index contributed by atoms with van der Waals surface area (Å²) in [5.41, 5.74) is 4.06. The maximum atomic E-state index is 12.3. The monoisotopic (exact) mass is 366 g/mol. The summed E-state index contributed by atoms with van der Waals surface area (Å²) in [6.45, 7) is 5.78. The van der Waals surface area contributed by atoms with Gasteiger partial charge in [-0.25, -0.2) is 14.6 Å². The molecule has 0 radical (unpaired) electrons. The number of anilines is 1. The maximum absolute atomic E-state index is 12.3. The highest BCUT2D eigenvalue weighted by Gasteiger charge is 2.15. The number of fused-ring (bicyclic) bond motifs is 1. The minimum atomic E-state index is -0.172. The third kappa shape index (κ3) is 2.99. The van der Waals surface area contributed by atoms with Gasteiger partial charge in [-0.1, -0.05) is 18.2 Å². The van der Waals surface area contributed by atoms with E-state index >= 15 is 0 Å². The molecule has 4 aromatic rings. The van der Waals surface area contributed by atoms with Crippen molar-refractivity contribution in [1.82, 2.24) is 24.7 Å². The van der Waals surface area contributed by atoms with Gasteiger partial charge >= 0.3 is 0 Å². The standard InChI is InChI=1S/C18H18N6OS/c1-10-17(13-6-4-5-7-14(13)19-10)15-9-26-18(21-15)22-16(25)8-24-12(3)20-11(2)23-24/h4-7,9,19H,8H2,1-3H3,(H,21,22,25). The minimum Gasteiger partial charge on any atom is -0.358 e. The van der Waals surface area contributed by atoms with E-state index in [9.17, 15) is 4.79 Å². The molecule has 1 amide bonds. The maximum Gasteiger partial charge on any atom is 0.247 e. The summed E-state index contributed by atoms with van der Waals surface area (Å²) in [7, 11) is 0. The van der Waals surface area contributed by atoms with Crippen LogP contribution in [0.4, 0.5) is 5.13 Å². The molecule has 0 unspecified atom stereocenters. The highest BCUT2D eigenvalue weighted by Crippen LogP contribution is 2.33. The Morgan fingerprint density at radius 2 is 2.04 bits per heavy atom. The van der Waals surface area contributed by atoms with Crippen LogP contribution >= 0.6 is 11.3 Å². The molecule has 0 aliphatic carbocycles. The van der Waals surface area contributed by atoms with E-state index in [4.69, 9.17) is 0 Å². The van der Waals surface area contributed by atoms with Crippen molar-refractivity contribution in [3.8, 4) is 11.3 Å². The van der Waals surface area contributed by atoms with E-state index in [1.54, 1.807) is 11.6 Å². The van der Waals surface area contributed by atoms with E-state index in [0.717, 1.165) is 27.9 Å². The highest BCUT2D eigenvalue weighted by atomic mass is 32.1. The summed E-state index contributed by atoms with van der Waals surface area (Å²) in [6.07, 6.45) is 0. The second kappa shape index (κ2) is 6.38. The van der Waals surface area contributed by atoms with Crippen LogP contribution in [0.5, 0.6) is 0 Å². The Hall–Kier alpha value is -3.00. The normalized spacial score (nSPS) is 11.2. The van der Waals surface area contributed by atoms with Gasteiger partial charge in [0.25, 0.3) is 0 Å². The van der Waals surface area contributed by atoms with Gasteiger partial charge in [0.05, 0.1) is 5.69 Å². The molecule has 0 saturated carbocycles. The third-order valence-corrected chi connectivity index (χ3v) is 4.91. The van der Waals surface area contributed by atoms with Crippen LogP contribution in [0.1, 0.15) is 17.3 Å². The number of H-pyrrole nitrogens is 1. The zero-order valence-electron chi connectivity index (χ0n) is 14.7. The second-order valence-corrected chi connectivity index (χ2v) is 6.98. The lowest BCUT2D eigenvalue weighted by molar-refractivity contribution is -0.116. The van der Waals surface area contributed by atoms with Crippen molar-refractivity contribution in [2.24, 2.45) is 0 Å². The molecule has 0 aliphatic heterocycles. The molecule has 4 rings (SSSR count). The predicted molar refractivity (Wildman–Crippen MR) is 102 cm³/mol. The van der Waals surface area contributed by atoms with Crippen molar-refractivity contribution in [3.63, 3.8) is 0 Å². The molecule has 3 heterocycles. The van der Waals surface area contributed by atoms with E-state index in [0.29, 0.717) is 16.8 Å². The van der Waals surface area contributed by atoms with Crippen LogP contribution in [-0.4, -0.2) is 30.6 Å². The first-order valence-corrected chi connectivity index (χ1v) is 9.10. The van der Waals surface area contributed by atoms with Crippen molar-refractivity contribution in [3.05, 3.63) is 47.0 Å². The summed E-state index contributed by atoms with van der Waals surface area (Å²) in [5, 5.41) is 10.7. The summed E-state index contributed by atoms with van der Waals surface area (Å²) < 4.78 is 1.59. The fraction of sp³-hybridized carbons (Fsp3) is 0.222. The number of carbonyl (C=O) groups excluding carboxylic acids is 1. The molecule has 2 N–H and O–H groups in total. The van der Waals surface area contributed by atoms with Gasteiger partial charge in [-0.3, -0.25) is 4.79 Å². The fourth-order valence-corrected chi connectivity index (χ4v) is 3.78. The molecule has 132 valence electrons. The van der Waals surface area contributed by atoms with Crippen molar-refractivity contribution in [2.45, 2.75) is 27.3 Å². The van der Waals surface area contributed by atoms with Gasteiger partial charge in [0, 0.05) is 27.5 Å². The molecule has 0 saturated heterocycles. The van der Waals surface area contributed by atoms with Crippen LogP contribution in [0.2, 0.25) is 0 Å². The number of aromatic amines is 1. The molecular weight excluding hydrogens is 348 g/mol. The van der Waals surface area contributed by atoms with Crippen molar-refractivity contribution < 1.29 is 4.79 Å². The zero-order valence-corrected chi connectivity index (χ0v) is 15.5. The first kappa shape index (κ1) is 16.5. The van der Waals surface area contributed by atoms with Crippen molar-refractivity contribution in [1.29, 1.82) is 0 Å². The van der Waals surface area contributed by atoms with E-state index in [1.807, 2.05) is 37.4 Å². The fourth-order valence-electron chi connectivity index (χ4n) is 3.06. The number of hydrogen-bond acceptors (Lipinski definition) is 5. The lowest BCUT2D eigenvalue weighted by Gasteiger charge is -2.03. The van der Waals surface area contributed by atoms with Crippen LogP contribution in [0, 0.1) is 20.8 Å². The van der Waals surface area contributed by atoms with Crippen LogP contribution in [0.25, 0.3) is 22.2 Å². The third-order valence-electron chi connectivity index (χ3n) is 4.16. The Balaban J connectivity index is 1.55. The molecule has 7 nitrogen and oxygen atoms in total. The smallest absolute Gasteiger partial charge is 0.247 e. The lowest BCUT2D eigenvalue weighted by Crippen LogP contribution is -2.20. The summed E-state index contributed by atoms with van der Waals surface area (Å²) in [6, 6.07) is 8.13. The van der Waals surface area contributed by atoms with Gasteiger partial charge < -0.3 is 10.3 Å². The lowest BCUT2D eigenvalue weighted by atomic mass is 10.1. The molecule has 0 fully saturated rings. The minimum absolute atomic E-state index is 0.119. The average Bonchev–Trinajstić information content (AvgIpc) is 3.24. The van der Waals surface area contributed by atoms with Crippen LogP contribution < -0.4 is 5.32 Å². The molecular formula is C18H18N6OS. The zero-order chi connectivity index (χ0) is 18.3. The number of amides is 1. The summed E-state index contributed by atoms with van der Waals surface area (Å²) >= 11 is 1.41. The van der Waals surface area contributed by atoms with Crippen LogP contribution in [0.3, 0.4) is 0 Å². The van der Waals surface area contributed by atoms with E-state index in [-0.39, 0.29) is 12.5 Å². The predicted octanol–water partition coefficient (Wildman–Crippen LogP) is 3.45. The highest BCUT2D eigenvalue weighted by molar-refractivity contribution is 7.14. The van der Waals surface area contributed by atoms with E-state index in [1.165, 1.54) is 11.3 Å². The van der Waals surface area contributed by atoms with Gasteiger partial charge in [0.2, 0.25) is 5.91 Å². The Morgan fingerprint density at radius 1 is 1.23 bits per heavy atom. The van der Waals surface area contributed by atoms with E-state index < -0.39 is 0 Å². The average molecular weight is 366 g/mol. The first-order valence-electron chi connectivity index (χ1n) is 8.22. The van der Waals surface area contributed by atoms with Crippen molar-refractivity contribution in [2.75, 3.05) is 5.32 Å². The number of benzene rings is 1. The molecule has 0 spiro atoms. The van der Waals surface area contributed by atoms with E-state index in [2.05, 4.69) is 31.4 Å². The number of aryl methyl sites for hydroxylation is 3.